The molecule has 0 aliphatic heterocycles. The van der Waals surface area contributed by atoms with Gasteiger partial charge in [-0.2, -0.15) is 9.97 Å². The minimum atomic E-state index is 0.249. The van der Waals surface area contributed by atoms with Crippen molar-refractivity contribution in [2.45, 2.75) is 39.5 Å². The Morgan fingerprint density at radius 3 is 2.60 bits per heavy atom. The Hall–Kier alpha value is -0.900. The summed E-state index contributed by atoms with van der Waals surface area (Å²) in [5.74, 6) is 1.22. The summed E-state index contributed by atoms with van der Waals surface area (Å²) in [4.78, 5) is 12.0. The second-order valence-corrected chi connectivity index (χ2v) is 3.80. The van der Waals surface area contributed by atoms with Crippen molar-refractivity contribution in [2.75, 3.05) is 11.9 Å². The third-order valence-corrected chi connectivity index (χ3v) is 2.20. The molecular formula is C10H17ClN4. The molecule has 0 fully saturated rings. The number of rotatable bonds is 6. The first-order valence-electron chi connectivity index (χ1n) is 5.34. The van der Waals surface area contributed by atoms with Crippen LogP contribution in [0.4, 0.5) is 5.95 Å². The van der Waals surface area contributed by atoms with Crippen LogP contribution in [0.5, 0.6) is 0 Å². The first-order chi connectivity index (χ1) is 7.22. The van der Waals surface area contributed by atoms with Crippen molar-refractivity contribution in [3.8, 4) is 0 Å². The second-order valence-electron chi connectivity index (χ2n) is 3.46. The minimum absolute atomic E-state index is 0.249. The Bertz CT molecular complexity index is 283. The van der Waals surface area contributed by atoms with Gasteiger partial charge in [-0.3, -0.25) is 0 Å². The molecule has 1 aromatic rings. The predicted octanol–water partition coefficient (Wildman–Crippen LogP) is 2.83. The molecule has 15 heavy (non-hydrogen) atoms. The standard InChI is InChI=1S/C10H17ClN4/c1-3-4-5-6-7-12-10-14-8(2)13-9(11)15-10/h3-7H2,1-2H3,(H,12,13,14,15). The van der Waals surface area contributed by atoms with Crippen LogP contribution in [0.25, 0.3) is 0 Å². The minimum Gasteiger partial charge on any atom is -0.354 e. The highest BCUT2D eigenvalue weighted by atomic mass is 35.5. The quantitative estimate of drug-likeness (QED) is 0.761. The van der Waals surface area contributed by atoms with Crippen LogP contribution in [0.1, 0.15) is 38.4 Å². The molecule has 1 rings (SSSR count). The average Bonchev–Trinajstić information content (AvgIpc) is 2.16. The Kier molecular flexibility index (Phi) is 5.32. The van der Waals surface area contributed by atoms with E-state index in [-0.39, 0.29) is 5.28 Å². The summed E-state index contributed by atoms with van der Waals surface area (Å²) in [7, 11) is 0. The SMILES string of the molecule is CCCCCCNc1nc(C)nc(Cl)n1. The van der Waals surface area contributed by atoms with E-state index in [1.807, 2.05) is 0 Å². The van der Waals surface area contributed by atoms with Crippen molar-refractivity contribution in [2.24, 2.45) is 0 Å². The molecule has 5 heteroatoms. The van der Waals surface area contributed by atoms with Crippen LogP contribution in [0.2, 0.25) is 5.28 Å². The summed E-state index contributed by atoms with van der Waals surface area (Å²) < 4.78 is 0. The van der Waals surface area contributed by atoms with Crippen LogP contribution in [0.3, 0.4) is 0 Å². The summed E-state index contributed by atoms with van der Waals surface area (Å²) in [5.41, 5.74) is 0. The van der Waals surface area contributed by atoms with E-state index < -0.39 is 0 Å². The molecule has 0 saturated heterocycles. The van der Waals surface area contributed by atoms with Gasteiger partial charge in [0, 0.05) is 6.54 Å². The lowest BCUT2D eigenvalue weighted by Crippen LogP contribution is -2.07. The third kappa shape index (κ3) is 4.93. The average molecular weight is 229 g/mol. The molecular weight excluding hydrogens is 212 g/mol. The van der Waals surface area contributed by atoms with Crippen LogP contribution in [-0.4, -0.2) is 21.5 Å². The molecule has 0 saturated carbocycles. The Morgan fingerprint density at radius 1 is 1.13 bits per heavy atom. The summed E-state index contributed by atoms with van der Waals surface area (Å²) in [6.45, 7) is 4.89. The number of anilines is 1. The molecule has 0 bridgehead atoms. The number of nitrogens with zero attached hydrogens (tertiary/aromatic N) is 3. The number of halogens is 1. The molecule has 0 spiro atoms. The number of aryl methyl sites for hydroxylation is 1. The zero-order valence-corrected chi connectivity index (χ0v) is 10.0. The van der Waals surface area contributed by atoms with Gasteiger partial charge < -0.3 is 5.32 Å². The van der Waals surface area contributed by atoms with Crippen LogP contribution < -0.4 is 5.32 Å². The summed E-state index contributed by atoms with van der Waals surface area (Å²) >= 11 is 5.71. The van der Waals surface area contributed by atoms with Gasteiger partial charge in [0.2, 0.25) is 11.2 Å². The van der Waals surface area contributed by atoms with E-state index >= 15 is 0 Å². The molecule has 0 amide bonds. The van der Waals surface area contributed by atoms with Gasteiger partial charge in [-0.25, -0.2) is 4.98 Å². The van der Waals surface area contributed by atoms with Gasteiger partial charge >= 0.3 is 0 Å². The maximum absolute atomic E-state index is 5.71. The van der Waals surface area contributed by atoms with Crippen LogP contribution in [-0.2, 0) is 0 Å². The van der Waals surface area contributed by atoms with Crippen molar-refractivity contribution in [3.05, 3.63) is 11.1 Å². The largest absolute Gasteiger partial charge is 0.354 e. The third-order valence-electron chi connectivity index (χ3n) is 2.03. The van der Waals surface area contributed by atoms with Crippen molar-refractivity contribution < 1.29 is 0 Å². The normalized spacial score (nSPS) is 10.3. The molecule has 1 heterocycles. The summed E-state index contributed by atoms with van der Waals surface area (Å²) in [6, 6.07) is 0. The van der Waals surface area contributed by atoms with E-state index in [1.54, 1.807) is 6.92 Å². The van der Waals surface area contributed by atoms with Crippen molar-refractivity contribution >= 4 is 17.5 Å². The molecule has 1 N–H and O–H groups in total. The maximum Gasteiger partial charge on any atom is 0.227 e. The Balaban J connectivity index is 2.31. The number of hydrogen-bond donors (Lipinski definition) is 1. The van der Waals surface area contributed by atoms with Gasteiger partial charge in [-0.15, -0.1) is 0 Å². The molecule has 84 valence electrons. The van der Waals surface area contributed by atoms with Crippen LogP contribution in [0.15, 0.2) is 0 Å². The zero-order chi connectivity index (χ0) is 11.1. The Morgan fingerprint density at radius 2 is 1.93 bits per heavy atom. The van der Waals surface area contributed by atoms with Gasteiger partial charge in [0.1, 0.15) is 5.82 Å². The highest BCUT2D eigenvalue weighted by molar-refractivity contribution is 6.28. The van der Waals surface area contributed by atoms with E-state index in [1.165, 1.54) is 19.3 Å². The van der Waals surface area contributed by atoms with Crippen molar-refractivity contribution in [1.29, 1.82) is 0 Å². The number of nitrogens with one attached hydrogen (secondary N) is 1. The fourth-order valence-electron chi connectivity index (χ4n) is 1.28. The van der Waals surface area contributed by atoms with Gasteiger partial charge in [0.25, 0.3) is 0 Å². The molecule has 0 atom stereocenters. The van der Waals surface area contributed by atoms with E-state index in [0.717, 1.165) is 13.0 Å². The maximum atomic E-state index is 5.71. The lowest BCUT2D eigenvalue weighted by Gasteiger charge is -2.04. The van der Waals surface area contributed by atoms with E-state index in [9.17, 15) is 0 Å². The van der Waals surface area contributed by atoms with E-state index in [0.29, 0.717) is 11.8 Å². The van der Waals surface area contributed by atoms with Crippen molar-refractivity contribution in [1.82, 2.24) is 15.0 Å². The van der Waals surface area contributed by atoms with Gasteiger partial charge in [0.15, 0.2) is 0 Å². The monoisotopic (exact) mass is 228 g/mol. The van der Waals surface area contributed by atoms with E-state index in [4.69, 9.17) is 11.6 Å². The highest BCUT2D eigenvalue weighted by Crippen LogP contribution is 2.06. The first kappa shape index (κ1) is 12.2. The number of unbranched alkanes of at least 4 members (excludes halogenated alkanes) is 3. The number of hydrogen-bond acceptors (Lipinski definition) is 4. The van der Waals surface area contributed by atoms with Crippen LogP contribution in [0, 0.1) is 6.92 Å². The molecule has 0 aromatic carbocycles. The summed E-state index contributed by atoms with van der Waals surface area (Å²) in [6.07, 6.45) is 4.90. The first-order valence-corrected chi connectivity index (χ1v) is 5.72. The highest BCUT2D eigenvalue weighted by Gasteiger charge is 2.00. The number of aromatic nitrogens is 3. The van der Waals surface area contributed by atoms with Crippen molar-refractivity contribution in [3.63, 3.8) is 0 Å². The molecule has 4 nitrogen and oxygen atoms in total. The Labute approximate surface area is 95.5 Å². The van der Waals surface area contributed by atoms with E-state index in [2.05, 4.69) is 27.2 Å². The van der Waals surface area contributed by atoms with Gasteiger partial charge in [0.05, 0.1) is 0 Å². The summed E-state index contributed by atoms with van der Waals surface area (Å²) in [5, 5.41) is 3.39. The molecule has 0 aliphatic rings. The zero-order valence-electron chi connectivity index (χ0n) is 9.26. The van der Waals surface area contributed by atoms with Crippen LogP contribution >= 0.6 is 11.6 Å². The van der Waals surface area contributed by atoms with Gasteiger partial charge in [-0.05, 0) is 24.9 Å². The molecule has 1 aromatic heterocycles. The second kappa shape index (κ2) is 6.56. The fourth-order valence-corrected chi connectivity index (χ4v) is 1.48. The fraction of sp³-hybridized carbons (Fsp3) is 0.700. The smallest absolute Gasteiger partial charge is 0.227 e. The van der Waals surface area contributed by atoms with Gasteiger partial charge in [-0.1, -0.05) is 26.2 Å². The lowest BCUT2D eigenvalue weighted by molar-refractivity contribution is 0.683. The lowest BCUT2D eigenvalue weighted by atomic mass is 10.2. The molecule has 0 aliphatic carbocycles. The molecule has 0 unspecified atom stereocenters. The predicted molar refractivity (Wildman–Crippen MR) is 62.2 cm³/mol. The molecule has 0 radical (unpaired) electrons. The topological polar surface area (TPSA) is 50.7 Å².